The van der Waals surface area contributed by atoms with Gasteiger partial charge in [0.05, 0.1) is 29.9 Å². The van der Waals surface area contributed by atoms with Crippen LogP contribution < -0.4 is 24.3 Å². The average Bonchev–Trinajstić information content (AvgIpc) is 3.46. The number of Topliss-reactive ketones (excluding diaryl/α,β-unsaturated/α-hetero) is 2. The molecule has 4 bridgehead atoms. The van der Waals surface area contributed by atoms with Crippen molar-refractivity contribution in [3.05, 3.63) is 99.2 Å². The number of aliphatic hydroxyl groups excluding tert-OH is 5. The molecule has 7 aliphatic rings. The molecule has 16 heteroatoms. The van der Waals surface area contributed by atoms with E-state index in [-0.39, 0.29) is 71.3 Å². The summed E-state index contributed by atoms with van der Waals surface area (Å²) in [6.45, 7) is 14.4. The lowest BCUT2D eigenvalue weighted by molar-refractivity contribution is -0.277. The van der Waals surface area contributed by atoms with E-state index < -0.39 is 89.2 Å². The highest BCUT2D eigenvalue weighted by molar-refractivity contribution is 6.19. The molecule has 10 atom stereocenters. The lowest BCUT2D eigenvalue weighted by Gasteiger charge is -2.56. The Balaban J connectivity index is 1.26. The number of carbonyl (C=O) groups excluding carboxylic acids is 4. The molecule has 2 saturated heterocycles. The van der Waals surface area contributed by atoms with Gasteiger partial charge in [0.15, 0.2) is 28.5 Å². The van der Waals surface area contributed by atoms with E-state index in [1.54, 1.807) is 19.1 Å². The van der Waals surface area contributed by atoms with Gasteiger partial charge < -0.3 is 59.3 Å². The summed E-state index contributed by atoms with van der Waals surface area (Å²) in [5.74, 6) is -2.88. The second-order valence-corrected chi connectivity index (χ2v) is 20.1. The highest BCUT2D eigenvalue weighted by Crippen LogP contribution is 2.69. The first-order valence-electron chi connectivity index (χ1n) is 23.6. The second kappa shape index (κ2) is 18.7. The van der Waals surface area contributed by atoms with Gasteiger partial charge in [0.2, 0.25) is 12.2 Å². The number of ether oxygens (including phenoxy) is 6. The molecule has 0 radical (unpaired) electrons. The van der Waals surface area contributed by atoms with Crippen LogP contribution in [0.2, 0.25) is 0 Å². The molecule has 0 aromatic heterocycles. The fraction of sp³-hybridized carbons (Fsp3) is 0.509. The molecule has 4 heterocycles. The molecule has 16 nitrogen and oxygen atoms in total. The van der Waals surface area contributed by atoms with E-state index >= 15 is 4.79 Å². The number of benzene rings is 2. The number of amides is 1. The number of aliphatic hydroxyl groups is 5. The fourth-order valence-corrected chi connectivity index (χ4v) is 10.7. The number of nitrogens with one attached hydrogen (secondary N) is 1. The molecule has 2 aromatic carbocycles. The Morgan fingerprint density at radius 3 is 2.28 bits per heavy atom. The summed E-state index contributed by atoms with van der Waals surface area (Å²) in [5, 5.41) is 52.7. The normalized spacial score (nSPS) is 31.3. The van der Waals surface area contributed by atoms with Crippen molar-refractivity contribution in [2.24, 2.45) is 11.8 Å². The van der Waals surface area contributed by atoms with Crippen molar-refractivity contribution in [3.8, 4) is 23.0 Å². The molecule has 3 fully saturated rings. The largest absolute Gasteiger partial charge is 0.482 e. The molecule has 4 aliphatic heterocycles. The Hall–Kier alpha value is -5.46. The van der Waals surface area contributed by atoms with Gasteiger partial charge in [-0.15, -0.1) is 0 Å². The van der Waals surface area contributed by atoms with Gasteiger partial charge in [0.25, 0.3) is 0 Å². The monoisotopic (exact) mass is 953 g/mol. The first-order chi connectivity index (χ1) is 32.6. The number of carbonyl (C=O) groups is 4. The van der Waals surface area contributed by atoms with Crippen LogP contribution in [0.4, 0.5) is 0 Å². The summed E-state index contributed by atoms with van der Waals surface area (Å²) in [5.41, 5.74) is -1.79. The molecule has 1 saturated carbocycles. The number of hydrogen-bond donors (Lipinski definition) is 6. The zero-order chi connectivity index (χ0) is 50.0. The van der Waals surface area contributed by atoms with Crippen LogP contribution in [0.3, 0.4) is 0 Å². The first-order valence-corrected chi connectivity index (χ1v) is 23.6. The molecule has 9 rings (SSSR count). The molecule has 370 valence electrons. The SMILES string of the molecule is CC(C)=CCCC1(C)C=Cc2c(c(CC=C(C)C)c3c(c2OC(=O)c2ccc(O[C@@H]4O[C@H](CO)[C@@H](O)[C@H](O)[C@H]4O)cc2)C(=O)C2=CC4CC5C(C)(C)OC(CC=C(C)C(=O)NCCO)(C4=O)C25O3)O1. The molecular formula is C53H63NO15. The zero-order valence-corrected chi connectivity index (χ0v) is 40.3. The topological polar surface area (TPSA) is 237 Å². The van der Waals surface area contributed by atoms with Crippen molar-refractivity contribution in [2.75, 3.05) is 19.8 Å². The van der Waals surface area contributed by atoms with E-state index in [0.717, 1.165) is 11.1 Å². The van der Waals surface area contributed by atoms with Crippen LogP contribution >= 0.6 is 0 Å². The number of rotatable bonds is 15. The summed E-state index contributed by atoms with van der Waals surface area (Å²) in [6.07, 6.45) is 5.29. The molecule has 3 aliphatic carbocycles. The van der Waals surface area contributed by atoms with Crippen LogP contribution in [-0.4, -0.2) is 122 Å². The van der Waals surface area contributed by atoms with Crippen molar-refractivity contribution in [3.63, 3.8) is 0 Å². The van der Waals surface area contributed by atoms with E-state index in [1.165, 1.54) is 24.3 Å². The number of allylic oxidation sites excluding steroid dienone is 5. The quantitative estimate of drug-likeness (QED) is 0.0600. The molecular weight excluding hydrogens is 891 g/mol. The van der Waals surface area contributed by atoms with Gasteiger partial charge in [-0.3, -0.25) is 14.4 Å². The van der Waals surface area contributed by atoms with E-state index in [4.69, 9.17) is 28.4 Å². The average molecular weight is 954 g/mol. The molecule has 6 N–H and O–H groups in total. The number of esters is 1. The van der Waals surface area contributed by atoms with Gasteiger partial charge in [-0.05, 0) is 117 Å². The van der Waals surface area contributed by atoms with Gasteiger partial charge in [0.1, 0.15) is 52.8 Å². The Kier molecular flexibility index (Phi) is 13.5. The van der Waals surface area contributed by atoms with Crippen molar-refractivity contribution in [1.29, 1.82) is 0 Å². The lowest BCUT2D eigenvalue weighted by atomic mass is 9.51. The first kappa shape index (κ1) is 49.9. The van der Waals surface area contributed by atoms with E-state index in [0.29, 0.717) is 36.1 Å². The standard InChI is InChI=1S/C53H63NO15/c1-27(2)10-9-19-51(8)20-18-34-43(67-51)33(16-11-28(3)4)45-38(44(34)66-48(63)30-12-14-32(15-13-30)64-49-42(60)41(59)40(58)36(26-56)65-49)39(57)35-24-31-25-37-50(6,7)69-52(46(31)61,53(35,37)68-45)21-17-29(5)47(62)54-22-23-55/h10-15,17-18,20,24,31,36-37,40-42,49,55-56,58-60H,9,16,19,21-23,25-26H2,1-8H3,(H,54,62)/t31?,36-,37?,40-,41+,42-,49-,51?,52?,53?/m1/s1. The number of ketones is 2. The molecule has 5 unspecified atom stereocenters. The highest BCUT2D eigenvalue weighted by atomic mass is 16.7. The van der Waals surface area contributed by atoms with E-state index in [1.807, 2.05) is 66.7 Å². The van der Waals surface area contributed by atoms with Crippen LogP contribution in [-0.2, 0) is 25.5 Å². The highest BCUT2D eigenvalue weighted by Gasteiger charge is 2.81. The molecule has 2 aromatic rings. The van der Waals surface area contributed by atoms with Crippen LogP contribution in [0.5, 0.6) is 23.0 Å². The summed E-state index contributed by atoms with van der Waals surface area (Å²) in [6, 6.07) is 5.62. The summed E-state index contributed by atoms with van der Waals surface area (Å²) < 4.78 is 39.0. The van der Waals surface area contributed by atoms with Crippen LogP contribution in [0, 0.1) is 11.8 Å². The lowest BCUT2D eigenvalue weighted by Crippen LogP contribution is -2.72. The minimum absolute atomic E-state index is 0.0254. The van der Waals surface area contributed by atoms with Crippen molar-refractivity contribution in [2.45, 2.75) is 141 Å². The Morgan fingerprint density at radius 2 is 1.61 bits per heavy atom. The third-order valence-electron chi connectivity index (χ3n) is 14.3. The third kappa shape index (κ3) is 8.57. The van der Waals surface area contributed by atoms with Gasteiger partial charge in [-0.2, -0.15) is 0 Å². The second-order valence-electron chi connectivity index (χ2n) is 20.1. The fourth-order valence-electron chi connectivity index (χ4n) is 10.7. The summed E-state index contributed by atoms with van der Waals surface area (Å²) in [7, 11) is 0. The molecule has 1 spiro atoms. The maximum absolute atomic E-state index is 15.8. The predicted molar refractivity (Wildman–Crippen MR) is 251 cm³/mol. The van der Waals surface area contributed by atoms with E-state index in [2.05, 4.69) is 11.4 Å². The van der Waals surface area contributed by atoms with Gasteiger partial charge in [0, 0.05) is 41.5 Å². The Labute approximate surface area is 401 Å². The zero-order valence-electron chi connectivity index (χ0n) is 40.3. The maximum Gasteiger partial charge on any atom is 0.343 e. The summed E-state index contributed by atoms with van der Waals surface area (Å²) in [4.78, 5) is 58.2. The smallest absolute Gasteiger partial charge is 0.343 e. The van der Waals surface area contributed by atoms with Crippen molar-refractivity contribution in [1.82, 2.24) is 5.32 Å². The minimum atomic E-state index is -1.75. The maximum atomic E-state index is 15.8. The number of fused-ring (bicyclic) bond motifs is 2. The predicted octanol–water partition coefficient (Wildman–Crippen LogP) is 4.96. The third-order valence-corrected chi connectivity index (χ3v) is 14.3. The molecule has 1 amide bonds. The van der Waals surface area contributed by atoms with Gasteiger partial charge >= 0.3 is 5.97 Å². The Morgan fingerprint density at radius 1 is 0.899 bits per heavy atom. The van der Waals surface area contributed by atoms with Crippen LogP contribution in [0.1, 0.15) is 113 Å². The summed E-state index contributed by atoms with van der Waals surface area (Å²) >= 11 is 0. The minimum Gasteiger partial charge on any atom is -0.482 e. The van der Waals surface area contributed by atoms with E-state index in [9.17, 15) is 39.9 Å². The molecule has 69 heavy (non-hydrogen) atoms. The van der Waals surface area contributed by atoms with Crippen LogP contribution in [0.15, 0.2) is 76.9 Å². The van der Waals surface area contributed by atoms with Gasteiger partial charge in [-0.1, -0.05) is 35.5 Å². The van der Waals surface area contributed by atoms with Crippen molar-refractivity contribution < 1.29 is 73.1 Å². The number of hydrogen-bond acceptors (Lipinski definition) is 15. The Bertz CT molecular complexity index is 2580. The van der Waals surface area contributed by atoms with Gasteiger partial charge in [-0.25, -0.2) is 4.79 Å². The van der Waals surface area contributed by atoms with Crippen molar-refractivity contribution >= 4 is 29.5 Å². The van der Waals surface area contributed by atoms with Crippen LogP contribution in [0.25, 0.3) is 6.08 Å².